The van der Waals surface area contributed by atoms with Crippen molar-refractivity contribution in [2.45, 2.75) is 12.8 Å². The van der Waals surface area contributed by atoms with Gasteiger partial charge in [-0.3, -0.25) is 0 Å². The summed E-state index contributed by atoms with van der Waals surface area (Å²) in [4.78, 5) is 0. The molecule has 2 aliphatic heterocycles. The Balaban J connectivity index is 2.04. The van der Waals surface area contributed by atoms with Gasteiger partial charge in [0.25, 0.3) is 10.2 Å². The number of hydrogen-bond donors (Lipinski definition) is 1. The van der Waals surface area contributed by atoms with E-state index < -0.39 is 10.2 Å². The molecule has 0 unspecified atom stereocenters. The molecule has 5 nitrogen and oxygen atoms in total. The van der Waals surface area contributed by atoms with Crippen LogP contribution in [0.1, 0.15) is 12.8 Å². The third kappa shape index (κ3) is 3.57. The summed E-state index contributed by atoms with van der Waals surface area (Å²) in [5.74, 6) is 2.00. The van der Waals surface area contributed by atoms with Crippen LogP contribution >= 0.6 is 11.8 Å². The molecule has 0 saturated carbocycles. The van der Waals surface area contributed by atoms with Crippen LogP contribution in [0.25, 0.3) is 0 Å². The van der Waals surface area contributed by atoms with Crippen molar-refractivity contribution in [2.24, 2.45) is 0 Å². The zero-order valence-electron chi connectivity index (χ0n) is 10.1. The molecule has 0 aromatic heterocycles. The standard InChI is InChI=1S/C10H21N3O2S2/c14-17(15,12-5-1-3-11-4-7-12)13-6-2-9-16-10-8-13/h11H,1-10H2. The lowest BCUT2D eigenvalue weighted by Crippen LogP contribution is -2.46. The van der Waals surface area contributed by atoms with Gasteiger partial charge in [0.05, 0.1) is 0 Å². The first kappa shape index (κ1) is 13.6. The summed E-state index contributed by atoms with van der Waals surface area (Å²) in [5, 5.41) is 3.24. The topological polar surface area (TPSA) is 52.7 Å². The highest BCUT2D eigenvalue weighted by molar-refractivity contribution is 7.99. The van der Waals surface area contributed by atoms with Crippen molar-refractivity contribution >= 4 is 22.0 Å². The van der Waals surface area contributed by atoms with E-state index in [0.29, 0.717) is 26.2 Å². The summed E-state index contributed by atoms with van der Waals surface area (Å²) in [6.45, 7) is 4.28. The minimum atomic E-state index is -3.22. The van der Waals surface area contributed by atoms with Gasteiger partial charge in [0.1, 0.15) is 0 Å². The summed E-state index contributed by atoms with van der Waals surface area (Å²) >= 11 is 1.85. The van der Waals surface area contributed by atoms with Gasteiger partial charge in [-0.1, -0.05) is 0 Å². The molecule has 0 aromatic rings. The number of rotatable bonds is 2. The van der Waals surface area contributed by atoms with E-state index in [1.807, 2.05) is 11.8 Å². The Morgan fingerprint density at radius 1 is 0.882 bits per heavy atom. The SMILES string of the molecule is O=S(=O)(N1CCCNCC1)N1CCCSCC1. The number of hydrogen-bond acceptors (Lipinski definition) is 4. The summed E-state index contributed by atoms with van der Waals surface area (Å²) in [6, 6.07) is 0. The molecule has 17 heavy (non-hydrogen) atoms. The first-order chi connectivity index (χ1) is 8.21. The second-order valence-electron chi connectivity index (χ2n) is 4.38. The van der Waals surface area contributed by atoms with Crippen molar-refractivity contribution in [1.29, 1.82) is 0 Å². The molecular formula is C10H21N3O2S2. The normalized spacial score (nSPS) is 26.4. The Morgan fingerprint density at radius 2 is 1.65 bits per heavy atom. The number of nitrogens with zero attached hydrogens (tertiary/aromatic N) is 2. The lowest BCUT2D eigenvalue weighted by atomic mass is 10.4. The van der Waals surface area contributed by atoms with Gasteiger partial charge < -0.3 is 5.32 Å². The second-order valence-corrected chi connectivity index (χ2v) is 7.53. The molecule has 2 rings (SSSR count). The number of thioether (sulfide) groups is 1. The van der Waals surface area contributed by atoms with E-state index in [1.54, 1.807) is 8.61 Å². The molecule has 2 saturated heterocycles. The fourth-order valence-corrected chi connectivity index (χ4v) is 4.86. The van der Waals surface area contributed by atoms with Gasteiger partial charge in [0.15, 0.2) is 0 Å². The molecule has 2 heterocycles. The number of nitrogens with one attached hydrogen (secondary N) is 1. The third-order valence-electron chi connectivity index (χ3n) is 3.13. The fourth-order valence-electron chi connectivity index (χ4n) is 2.17. The molecule has 0 aromatic carbocycles. The van der Waals surface area contributed by atoms with Crippen LogP contribution in [0, 0.1) is 0 Å². The molecule has 2 aliphatic rings. The first-order valence-corrected chi connectivity index (χ1v) is 8.80. The zero-order valence-corrected chi connectivity index (χ0v) is 11.7. The molecule has 2 fully saturated rings. The van der Waals surface area contributed by atoms with Crippen molar-refractivity contribution in [3.8, 4) is 0 Å². The van der Waals surface area contributed by atoms with E-state index in [1.165, 1.54) is 0 Å². The zero-order chi connectivity index (χ0) is 12.1. The smallest absolute Gasteiger partial charge is 0.282 e. The molecule has 1 N–H and O–H groups in total. The first-order valence-electron chi connectivity index (χ1n) is 6.25. The Labute approximate surface area is 108 Å². The summed E-state index contributed by atoms with van der Waals surface area (Å²) < 4.78 is 28.2. The highest BCUT2D eigenvalue weighted by Gasteiger charge is 2.30. The Morgan fingerprint density at radius 3 is 2.53 bits per heavy atom. The molecule has 100 valence electrons. The monoisotopic (exact) mass is 279 g/mol. The molecule has 0 spiro atoms. The Hall–Kier alpha value is 0.180. The Bertz CT molecular complexity index is 292. The van der Waals surface area contributed by atoms with Gasteiger partial charge in [0, 0.05) is 38.5 Å². The van der Waals surface area contributed by atoms with Crippen LogP contribution < -0.4 is 5.32 Å². The predicted octanol–water partition coefficient (Wildman–Crippen LogP) is -0.0346. The van der Waals surface area contributed by atoms with Crippen molar-refractivity contribution in [3.63, 3.8) is 0 Å². The van der Waals surface area contributed by atoms with Crippen LogP contribution in [0.15, 0.2) is 0 Å². The summed E-state index contributed by atoms with van der Waals surface area (Å²) in [7, 11) is -3.22. The van der Waals surface area contributed by atoms with Crippen LogP contribution in [0.3, 0.4) is 0 Å². The lowest BCUT2D eigenvalue weighted by molar-refractivity contribution is 0.354. The minimum absolute atomic E-state index is 0.603. The maximum atomic E-state index is 12.5. The highest BCUT2D eigenvalue weighted by atomic mass is 32.2. The van der Waals surface area contributed by atoms with Gasteiger partial charge in [-0.25, -0.2) is 0 Å². The van der Waals surface area contributed by atoms with E-state index in [-0.39, 0.29) is 0 Å². The highest BCUT2D eigenvalue weighted by Crippen LogP contribution is 2.16. The molecule has 0 bridgehead atoms. The van der Waals surface area contributed by atoms with Gasteiger partial charge >= 0.3 is 0 Å². The second kappa shape index (κ2) is 6.38. The maximum absolute atomic E-state index is 12.5. The predicted molar refractivity (Wildman–Crippen MR) is 71.5 cm³/mol. The van der Waals surface area contributed by atoms with Crippen LogP contribution in [0.5, 0.6) is 0 Å². The molecule has 0 aliphatic carbocycles. The van der Waals surface area contributed by atoms with Crippen molar-refractivity contribution in [3.05, 3.63) is 0 Å². The minimum Gasteiger partial charge on any atom is -0.315 e. The van der Waals surface area contributed by atoms with Crippen molar-refractivity contribution < 1.29 is 8.42 Å². The molecule has 0 atom stereocenters. The Kier molecular flexibility index (Phi) is 5.10. The van der Waals surface area contributed by atoms with Crippen LogP contribution in [0.4, 0.5) is 0 Å². The van der Waals surface area contributed by atoms with E-state index in [0.717, 1.165) is 37.4 Å². The van der Waals surface area contributed by atoms with E-state index >= 15 is 0 Å². The summed E-state index contributed by atoms with van der Waals surface area (Å²) in [5.41, 5.74) is 0. The van der Waals surface area contributed by atoms with E-state index in [2.05, 4.69) is 5.32 Å². The van der Waals surface area contributed by atoms with Gasteiger partial charge in [-0.15, -0.1) is 0 Å². The van der Waals surface area contributed by atoms with Gasteiger partial charge in [0.2, 0.25) is 0 Å². The largest absolute Gasteiger partial charge is 0.315 e. The average molecular weight is 279 g/mol. The molecule has 0 radical (unpaired) electrons. The molecular weight excluding hydrogens is 258 g/mol. The van der Waals surface area contributed by atoms with Crippen molar-refractivity contribution in [1.82, 2.24) is 13.9 Å². The average Bonchev–Trinajstić information content (AvgIpc) is 2.74. The van der Waals surface area contributed by atoms with Gasteiger partial charge in [-0.05, 0) is 25.1 Å². The quantitative estimate of drug-likeness (QED) is 0.771. The van der Waals surface area contributed by atoms with E-state index in [9.17, 15) is 8.42 Å². The maximum Gasteiger partial charge on any atom is 0.282 e. The third-order valence-corrected chi connectivity index (χ3v) is 6.22. The molecule has 7 heteroatoms. The van der Waals surface area contributed by atoms with Crippen LogP contribution in [-0.2, 0) is 10.2 Å². The van der Waals surface area contributed by atoms with E-state index in [4.69, 9.17) is 0 Å². The van der Waals surface area contributed by atoms with Crippen molar-refractivity contribution in [2.75, 3.05) is 50.8 Å². The summed E-state index contributed by atoms with van der Waals surface area (Å²) in [6.07, 6.45) is 1.87. The van der Waals surface area contributed by atoms with Gasteiger partial charge in [-0.2, -0.15) is 28.8 Å². The fraction of sp³-hybridized carbons (Fsp3) is 1.00. The molecule has 0 amide bonds. The lowest BCUT2D eigenvalue weighted by Gasteiger charge is -2.27. The van der Waals surface area contributed by atoms with Crippen LogP contribution in [0.2, 0.25) is 0 Å². The van der Waals surface area contributed by atoms with Crippen LogP contribution in [-0.4, -0.2) is 67.8 Å².